The molecule has 0 spiro atoms. The quantitative estimate of drug-likeness (QED) is 0.432. The number of para-hydroxylation sites is 1. The van der Waals surface area contributed by atoms with Crippen molar-refractivity contribution in [2.45, 2.75) is 6.29 Å². The van der Waals surface area contributed by atoms with Crippen molar-refractivity contribution in [1.82, 2.24) is 4.57 Å². The van der Waals surface area contributed by atoms with Crippen LogP contribution in [0.2, 0.25) is 10.0 Å². The molecule has 0 radical (unpaired) electrons. The van der Waals surface area contributed by atoms with Crippen molar-refractivity contribution in [1.29, 1.82) is 0 Å². The molecule has 0 aliphatic heterocycles. The number of fused-ring (bicyclic) bond motifs is 1. The Morgan fingerprint density at radius 3 is 2.15 bits per heavy atom. The van der Waals surface area contributed by atoms with Gasteiger partial charge in [0.25, 0.3) is 0 Å². The Kier molecular flexibility index (Phi) is 4.81. The van der Waals surface area contributed by atoms with Crippen LogP contribution in [0.15, 0.2) is 72.8 Å². The lowest BCUT2D eigenvalue weighted by atomic mass is 10.2. The molecular formula is C21H15Cl2NO3. The van der Waals surface area contributed by atoms with E-state index in [1.165, 1.54) is 0 Å². The summed E-state index contributed by atoms with van der Waals surface area (Å²) < 4.78 is 7.77. The van der Waals surface area contributed by atoms with Crippen LogP contribution in [-0.4, -0.2) is 14.8 Å². The highest BCUT2D eigenvalue weighted by molar-refractivity contribution is 6.31. The van der Waals surface area contributed by atoms with E-state index < -0.39 is 6.29 Å². The van der Waals surface area contributed by atoms with Crippen molar-refractivity contribution in [3.8, 4) is 17.2 Å². The average molecular weight is 400 g/mol. The highest BCUT2D eigenvalue weighted by atomic mass is 35.5. The Morgan fingerprint density at radius 1 is 0.815 bits per heavy atom. The van der Waals surface area contributed by atoms with Gasteiger partial charge in [-0.1, -0.05) is 41.4 Å². The lowest BCUT2D eigenvalue weighted by molar-refractivity contribution is -0.0479. The van der Waals surface area contributed by atoms with Gasteiger partial charge in [-0.15, -0.1) is 0 Å². The van der Waals surface area contributed by atoms with E-state index in [0.29, 0.717) is 26.9 Å². The minimum absolute atomic E-state index is 0.207. The molecule has 3 aromatic carbocycles. The van der Waals surface area contributed by atoms with E-state index in [1.807, 2.05) is 24.3 Å². The number of aliphatic hydroxyl groups excluding tert-OH is 1. The lowest BCUT2D eigenvalue weighted by Gasteiger charge is -2.14. The number of aliphatic hydroxyl groups is 2. The fourth-order valence-corrected chi connectivity index (χ4v) is 3.37. The summed E-state index contributed by atoms with van der Waals surface area (Å²) in [6, 6.07) is 21.5. The zero-order valence-corrected chi connectivity index (χ0v) is 15.5. The molecular weight excluding hydrogens is 385 g/mol. The van der Waals surface area contributed by atoms with Gasteiger partial charge in [-0.05, 0) is 54.6 Å². The second-order valence-corrected chi connectivity index (χ2v) is 6.85. The highest BCUT2D eigenvalue weighted by Gasteiger charge is 2.25. The molecule has 2 N–H and O–H groups in total. The first-order valence-corrected chi connectivity index (χ1v) is 8.99. The van der Waals surface area contributed by atoms with Crippen LogP contribution in [0.3, 0.4) is 0 Å². The number of rotatable bonds is 4. The van der Waals surface area contributed by atoms with Crippen molar-refractivity contribution in [3.63, 3.8) is 0 Å². The predicted octanol–water partition coefficient (Wildman–Crippen LogP) is 5.71. The Bertz CT molecular complexity index is 1090. The Hall–Kier alpha value is -2.50. The molecule has 0 saturated carbocycles. The molecule has 27 heavy (non-hydrogen) atoms. The van der Waals surface area contributed by atoms with E-state index in [1.54, 1.807) is 53.1 Å². The first-order chi connectivity index (χ1) is 13.0. The van der Waals surface area contributed by atoms with E-state index in [9.17, 15) is 10.2 Å². The van der Waals surface area contributed by atoms with Crippen LogP contribution in [0.25, 0.3) is 16.6 Å². The van der Waals surface area contributed by atoms with E-state index in [0.717, 1.165) is 11.2 Å². The number of aromatic nitrogens is 1. The number of hydrogen-bond donors (Lipinski definition) is 2. The third-order valence-electron chi connectivity index (χ3n) is 4.21. The van der Waals surface area contributed by atoms with Crippen molar-refractivity contribution >= 4 is 34.1 Å². The summed E-state index contributed by atoms with van der Waals surface area (Å²) in [5.74, 6) is 0.915. The molecule has 4 aromatic rings. The maximum Gasteiger partial charge on any atom is 0.198 e. The molecule has 0 amide bonds. The molecule has 136 valence electrons. The molecule has 0 fully saturated rings. The number of hydrogen-bond acceptors (Lipinski definition) is 3. The molecule has 4 rings (SSSR count). The van der Waals surface area contributed by atoms with Crippen LogP contribution in [0.5, 0.6) is 11.5 Å². The van der Waals surface area contributed by atoms with Gasteiger partial charge < -0.3 is 19.5 Å². The Labute approximate surface area is 165 Å². The molecule has 1 aromatic heterocycles. The lowest BCUT2D eigenvalue weighted by Crippen LogP contribution is -2.06. The highest BCUT2D eigenvalue weighted by Crippen LogP contribution is 2.42. The monoisotopic (exact) mass is 399 g/mol. The molecule has 0 aliphatic carbocycles. The van der Waals surface area contributed by atoms with E-state index >= 15 is 0 Å². The number of benzene rings is 3. The zero-order valence-electron chi connectivity index (χ0n) is 14.0. The van der Waals surface area contributed by atoms with Crippen molar-refractivity contribution < 1.29 is 14.9 Å². The van der Waals surface area contributed by atoms with Gasteiger partial charge in [0.05, 0.1) is 5.52 Å². The van der Waals surface area contributed by atoms with E-state index in [2.05, 4.69) is 0 Å². The number of ether oxygens (including phenoxy) is 1. The van der Waals surface area contributed by atoms with Crippen LogP contribution in [0, 0.1) is 0 Å². The van der Waals surface area contributed by atoms with Crippen LogP contribution >= 0.6 is 23.2 Å². The Balaban J connectivity index is 2.02. The summed E-state index contributed by atoms with van der Waals surface area (Å²) in [6.07, 6.45) is -1.76. The minimum atomic E-state index is -1.76. The second-order valence-electron chi connectivity index (χ2n) is 5.98. The molecule has 1 heterocycles. The Morgan fingerprint density at radius 2 is 1.48 bits per heavy atom. The third kappa shape index (κ3) is 3.40. The largest absolute Gasteiger partial charge is 0.455 e. The van der Waals surface area contributed by atoms with Crippen LogP contribution in [0.4, 0.5) is 0 Å². The summed E-state index contributed by atoms with van der Waals surface area (Å²) in [5.41, 5.74) is 1.66. The first-order valence-electron chi connectivity index (χ1n) is 8.23. The number of halogens is 2. The summed E-state index contributed by atoms with van der Waals surface area (Å²) in [7, 11) is 0. The zero-order chi connectivity index (χ0) is 19.0. The molecule has 0 atom stereocenters. The van der Waals surface area contributed by atoms with E-state index in [-0.39, 0.29) is 5.69 Å². The van der Waals surface area contributed by atoms with Gasteiger partial charge in [0.1, 0.15) is 11.4 Å². The second kappa shape index (κ2) is 7.25. The summed E-state index contributed by atoms with van der Waals surface area (Å²) in [4.78, 5) is 0. The third-order valence-corrected chi connectivity index (χ3v) is 4.70. The van der Waals surface area contributed by atoms with Crippen molar-refractivity contribution in [2.24, 2.45) is 0 Å². The van der Waals surface area contributed by atoms with Crippen LogP contribution < -0.4 is 4.74 Å². The minimum Gasteiger partial charge on any atom is -0.455 e. The van der Waals surface area contributed by atoms with Gasteiger partial charge >= 0.3 is 0 Å². The maximum atomic E-state index is 10.1. The first kappa shape index (κ1) is 17.9. The maximum absolute atomic E-state index is 10.1. The van der Waals surface area contributed by atoms with Gasteiger partial charge in [-0.3, -0.25) is 0 Å². The molecule has 4 nitrogen and oxygen atoms in total. The molecule has 6 heteroatoms. The van der Waals surface area contributed by atoms with Gasteiger partial charge in [0, 0.05) is 21.1 Å². The SMILES string of the molecule is OC(O)c1c(Oc2ccccc2)c2cc(Cl)ccc2n1-c1ccc(Cl)cc1. The smallest absolute Gasteiger partial charge is 0.198 e. The topological polar surface area (TPSA) is 54.6 Å². The van der Waals surface area contributed by atoms with Crippen molar-refractivity contribution in [2.75, 3.05) is 0 Å². The van der Waals surface area contributed by atoms with E-state index in [4.69, 9.17) is 27.9 Å². The molecule has 0 unspecified atom stereocenters. The fourth-order valence-electron chi connectivity index (χ4n) is 3.07. The predicted molar refractivity (Wildman–Crippen MR) is 107 cm³/mol. The molecule has 0 saturated heterocycles. The van der Waals surface area contributed by atoms with Crippen LogP contribution in [-0.2, 0) is 0 Å². The summed E-state index contributed by atoms with van der Waals surface area (Å²) in [6.45, 7) is 0. The fraction of sp³-hybridized carbons (Fsp3) is 0.0476. The molecule has 0 bridgehead atoms. The molecule has 0 aliphatic rings. The standard InChI is InChI=1S/C21H15Cl2NO3/c22-13-6-9-15(10-7-13)24-18-11-8-14(23)12-17(18)20(19(24)21(25)26)27-16-4-2-1-3-5-16/h1-12,21,25-26H. The van der Waals surface area contributed by atoms with Crippen LogP contribution in [0.1, 0.15) is 12.0 Å². The summed E-state index contributed by atoms with van der Waals surface area (Å²) in [5, 5.41) is 22.1. The van der Waals surface area contributed by atoms with Crippen molar-refractivity contribution in [3.05, 3.63) is 88.5 Å². The van der Waals surface area contributed by atoms with Gasteiger partial charge in [0.2, 0.25) is 0 Å². The van der Waals surface area contributed by atoms with Gasteiger partial charge in [-0.25, -0.2) is 0 Å². The average Bonchev–Trinajstić information content (AvgIpc) is 2.97. The normalized spacial score (nSPS) is 11.3. The number of nitrogens with zero attached hydrogens (tertiary/aromatic N) is 1. The van der Waals surface area contributed by atoms with Gasteiger partial charge in [0.15, 0.2) is 12.0 Å². The van der Waals surface area contributed by atoms with Gasteiger partial charge in [-0.2, -0.15) is 0 Å². The summed E-state index contributed by atoms with van der Waals surface area (Å²) >= 11 is 12.2.